The molecule has 0 unspecified atom stereocenters. The smallest absolute Gasteiger partial charge is 0.409 e. The second-order valence-electron chi connectivity index (χ2n) is 14.7. The average Bonchev–Trinajstić information content (AvgIpc) is 3.25. The fraction of sp³-hybridized carbons (Fsp3) is 0.422. The Kier molecular flexibility index (Phi) is 16.5. The third-order valence-corrected chi connectivity index (χ3v) is 11.0. The third kappa shape index (κ3) is 11.6. The van der Waals surface area contributed by atoms with E-state index in [9.17, 15) is 9.59 Å². The second kappa shape index (κ2) is 21.7. The van der Waals surface area contributed by atoms with Gasteiger partial charge in [0.15, 0.2) is 0 Å². The normalized spacial score (nSPS) is 18.9. The molecule has 6 heterocycles. The van der Waals surface area contributed by atoms with Crippen molar-refractivity contribution in [2.45, 2.75) is 85.2 Å². The van der Waals surface area contributed by atoms with E-state index in [-0.39, 0.29) is 13.5 Å². The number of rotatable bonds is 6. The van der Waals surface area contributed by atoms with Crippen molar-refractivity contribution in [3.05, 3.63) is 130 Å². The van der Waals surface area contributed by atoms with Crippen LogP contribution < -0.4 is 5.32 Å². The van der Waals surface area contributed by atoms with Gasteiger partial charge in [-0.2, -0.15) is 0 Å². The molecule has 2 atom stereocenters. The fourth-order valence-electron chi connectivity index (χ4n) is 7.75. The van der Waals surface area contributed by atoms with E-state index in [2.05, 4.69) is 132 Å². The van der Waals surface area contributed by atoms with Gasteiger partial charge in [-0.15, -0.1) is 0 Å². The Morgan fingerprint density at radius 3 is 1.69 bits per heavy atom. The van der Waals surface area contributed by atoms with Crippen LogP contribution in [0.25, 0.3) is 11.1 Å². The highest BCUT2D eigenvalue weighted by atomic mass is 35.5. The van der Waals surface area contributed by atoms with Crippen molar-refractivity contribution >= 4 is 34.3 Å². The van der Waals surface area contributed by atoms with Crippen LogP contribution in [-0.2, 0) is 48.5 Å². The van der Waals surface area contributed by atoms with E-state index >= 15 is 0 Å². The molecule has 13 heteroatoms. The number of methoxy groups -OCH3 is 2. The molecule has 308 valence electrons. The number of carbonyl (C=O) groups excluding carboxylic acids is 2. The van der Waals surface area contributed by atoms with Crippen molar-refractivity contribution in [3.8, 4) is 0 Å². The SMILES string of the molecule is C.COC(=O)Cl.COC(=O)N1CCC=C(c2ncnc3c2CN(Cc2ccccc2)[C@H](C)C3)C1.C[C@@H]1Cc2ncnc(C3=CCCNC3)c2CN1Cc1ccccc1. The molecular formula is C45H57ClN8O4. The number of aromatic nitrogens is 4. The zero-order valence-electron chi connectivity index (χ0n) is 33.4. The summed E-state index contributed by atoms with van der Waals surface area (Å²) >= 11 is 4.60. The number of benzene rings is 2. The van der Waals surface area contributed by atoms with Crippen LogP contribution in [0.4, 0.5) is 9.59 Å². The monoisotopic (exact) mass is 808 g/mol. The van der Waals surface area contributed by atoms with Gasteiger partial charge in [0.2, 0.25) is 0 Å². The summed E-state index contributed by atoms with van der Waals surface area (Å²) in [7, 11) is 2.64. The number of carbonyl (C=O) groups is 2. The summed E-state index contributed by atoms with van der Waals surface area (Å²) < 4.78 is 8.78. The molecule has 4 aliphatic heterocycles. The van der Waals surface area contributed by atoms with E-state index in [0.29, 0.717) is 25.2 Å². The molecule has 0 fully saturated rings. The Hall–Kier alpha value is -5.01. The van der Waals surface area contributed by atoms with Crippen LogP contribution >= 0.6 is 11.6 Å². The minimum atomic E-state index is -0.773. The van der Waals surface area contributed by atoms with Crippen LogP contribution in [0, 0.1) is 0 Å². The number of ether oxygens (including phenoxy) is 2. The van der Waals surface area contributed by atoms with E-state index < -0.39 is 5.43 Å². The van der Waals surface area contributed by atoms with Crippen LogP contribution in [0.3, 0.4) is 0 Å². The molecule has 1 amide bonds. The Morgan fingerprint density at radius 1 is 0.724 bits per heavy atom. The lowest BCUT2D eigenvalue weighted by molar-refractivity contribution is 0.128. The topological polar surface area (TPSA) is 126 Å². The first-order valence-corrected chi connectivity index (χ1v) is 20.0. The van der Waals surface area contributed by atoms with E-state index in [1.807, 2.05) is 6.07 Å². The predicted octanol–water partition coefficient (Wildman–Crippen LogP) is 7.71. The largest absolute Gasteiger partial charge is 0.457 e. The van der Waals surface area contributed by atoms with Crippen molar-refractivity contribution < 1.29 is 19.1 Å². The summed E-state index contributed by atoms with van der Waals surface area (Å²) in [6.45, 7) is 11.4. The lowest BCUT2D eigenvalue weighted by atomic mass is 9.93. The second-order valence-corrected chi connectivity index (χ2v) is 15.0. The molecule has 0 saturated heterocycles. The number of hydrogen-bond donors (Lipinski definition) is 1. The van der Waals surface area contributed by atoms with Crippen LogP contribution in [0.2, 0.25) is 0 Å². The van der Waals surface area contributed by atoms with E-state index in [4.69, 9.17) is 4.74 Å². The van der Waals surface area contributed by atoms with Gasteiger partial charge in [0.05, 0.1) is 43.5 Å². The van der Waals surface area contributed by atoms with Crippen molar-refractivity contribution in [1.29, 1.82) is 0 Å². The predicted molar refractivity (Wildman–Crippen MR) is 229 cm³/mol. The zero-order valence-corrected chi connectivity index (χ0v) is 34.1. The van der Waals surface area contributed by atoms with Gasteiger partial charge < -0.3 is 19.7 Å². The Bertz CT molecular complexity index is 2030. The maximum absolute atomic E-state index is 12.0. The molecule has 0 spiro atoms. The van der Waals surface area contributed by atoms with Crippen LogP contribution in [0.5, 0.6) is 0 Å². The summed E-state index contributed by atoms with van der Waals surface area (Å²) in [5.41, 5.74) is 11.3. The molecule has 0 aliphatic carbocycles. The summed E-state index contributed by atoms with van der Waals surface area (Å²) in [4.78, 5) is 46.5. The molecule has 1 N–H and O–H groups in total. The summed E-state index contributed by atoms with van der Waals surface area (Å²) in [6, 6.07) is 22.2. The Labute approximate surface area is 348 Å². The third-order valence-electron chi connectivity index (χ3n) is 10.9. The van der Waals surface area contributed by atoms with Crippen LogP contribution in [0.1, 0.15) is 79.1 Å². The van der Waals surface area contributed by atoms with E-state index in [0.717, 1.165) is 87.6 Å². The van der Waals surface area contributed by atoms with E-state index in [1.54, 1.807) is 17.6 Å². The molecule has 58 heavy (non-hydrogen) atoms. The van der Waals surface area contributed by atoms with Crippen LogP contribution in [-0.4, -0.2) is 98.6 Å². The standard InChI is InChI=1S/C22H26N4O2.C20H24N4.C2H3ClO2.CH4/c1-16-11-20-19(14-26(16)12-17-7-4-3-5-8-17)21(24-15-23-20)18-9-6-10-25(13-18)22(27)28-2;1-15-10-19-18(13-24(15)12-16-6-3-2-4-7-16)20(23-14-22-19)17-8-5-9-21-11-17;1-5-2(3)4;/h3-5,7-9,15-16H,6,10-14H2,1-2H3;2-4,6-8,14-15,21H,5,9-13H2,1H3;1H3;1H4/t16-;15-;;/m11../s1. The van der Waals surface area contributed by atoms with Crippen LogP contribution in [0.15, 0.2) is 85.5 Å². The van der Waals surface area contributed by atoms with Gasteiger partial charge in [-0.25, -0.2) is 29.5 Å². The first kappa shape index (κ1) is 44.1. The van der Waals surface area contributed by atoms with Gasteiger partial charge in [-0.05, 0) is 55.5 Å². The first-order chi connectivity index (χ1) is 27.7. The number of nitrogens with one attached hydrogen (secondary N) is 1. The highest BCUT2D eigenvalue weighted by Gasteiger charge is 2.30. The summed E-state index contributed by atoms with van der Waals surface area (Å²) in [5.74, 6) is 0. The molecule has 4 aromatic rings. The molecule has 8 rings (SSSR count). The number of amides is 1. The zero-order chi connectivity index (χ0) is 40.1. The number of halogens is 1. The maximum Gasteiger partial charge on any atom is 0.409 e. The first-order valence-electron chi connectivity index (χ1n) is 19.6. The van der Waals surface area contributed by atoms with Crippen molar-refractivity contribution in [2.24, 2.45) is 0 Å². The van der Waals surface area contributed by atoms with Gasteiger partial charge in [0.1, 0.15) is 12.7 Å². The highest BCUT2D eigenvalue weighted by Crippen LogP contribution is 2.31. The van der Waals surface area contributed by atoms with E-state index in [1.165, 1.54) is 47.7 Å². The van der Waals surface area contributed by atoms with Gasteiger partial charge >= 0.3 is 11.5 Å². The fourth-order valence-corrected chi connectivity index (χ4v) is 7.75. The minimum absolute atomic E-state index is 0. The molecule has 4 aliphatic rings. The maximum atomic E-state index is 12.0. The van der Waals surface area contributed by atoms with Crippen molar-refractivity contribution in [1.82, 2.24) is 40.0 Å². The van der Waals surface area contributed by atoms with Crippen molar-refractivity contribution in [3.63, 3.8) is 0 Å². The quantitative estimate of drug-likeness (QED) is 0.193. The highest BCUT2D eigenvalue weighted by molar-refractivity contribution is 6.61. The number of hydrogen-bond acceptors (Lipinski definition) is 11. The van der Waals surface area contributed by atoms with Gasteiger partial charge in [0, 0.05) is 86.9 Å². The lowest BCUT2D eigenvalue weighted by Crippen LogP contribution is -2.39. The number of fused-ring (bicyclic) bond motifs is 2. The molecule has 2 aromatic heterocycles. The Morgan fingerprint density at radius 2 is 1.22 bits per heavy atom. The lowest BCUT2D eigenvalue weighted by Gasteiger charge is -2.35. The Balaban J connectivity index is 0.000000197. The van der Waals surface area contributed by atoms with Gasteiger partial charge in [-0.1, -0.05) is 80.2 Å². The summed E-state index contributed by atoms with van der Waals surface area (Å²) in [6.07, 6.45) is 11.4. The average molecular weight is 809 g/mol. The number of nitrogens with zero attached hydrogens (tertiary/aromatic N) is 7. The molecular weight excluding hydrogens is 752 g/mol. The van der Waals surface area contributed by atoms with Gasteiger partial charge in [-0.3, -0.25) is 9.80 Å². The summed E-state index contributed by atoms with van der Waals surface area (Å²) in [5, 5.41) is 3.46. The molecule has 12 nitrogen and oxygen atoms in total. The van der Waals surface area contributed by atoms with Crippen molar-refractivity contribution in [2.75, 3.05) is 40.4 Å². The molecule has 2 aromatic carbocycles. The minimum Gasteiger partial charge on any atom is -0.457 e. The molecule has 0 saturated carbocycles. The molecule has 0 radical (unpaired) electrons. The van der Waals surface area contributed by atoms with Gasteiger partial charge in [0.25, 0.3) is 0 Å². The molecule has 0 bridgehead atoms.